The summed E-state index contributed by atoms with van der Waals surface area (Å²) in [5.41, 5.74) is 0. The van der Waals surface area contributed by atoms with Crippen molar-refractivity contribution in [1.82, 2.24) is 4.90 Å². The van der Waals surface area contributed by atoms with Gasteiger partial charge in [0, 0.05) is 31.4 Å². The molecule has 1 fully saturated rings. The van der Waals surface area contributed by atoms with Crippen molar-refractivity contribution in [3.05, 3.63) is 0 Å². The van der Waals surface area contributed by atoms with Gasteiger partial charge in [-0.25, -0.2) is 4.79 Å². The third-order valence-electron chi connectivity index (χ3n) is 2.60. The first-order valence-corrected chi connectivity index (χ1v) is 6.84. The number of hydrogen-bond donors (Lipinski definition) is 2. The fraction of sp³-hybridized carbons (Fsp3) is 0.700. The Morgan fingerprint density at radius 2 is 2.29 bits per heavy atom. The molecule has 0 bridgehead atoms. The van der Waals surface area contributed by atoms with Crippen molar-refractivity contribution >= 4 is 41.4 Å². The van der Waals surface area contributed by atoms with Crippen LogP contribution in [0.15, 0.2) is 0 Å². The largest absolute Gasteiger partial charge is 0.480 e. The molecule has 5 nitrogen and oxygen atoms in total. The van der Waals surface area contributed by atoms with Gasteiger partial charge < -0.3 is 10.0 Å². The molecule has 0 aromatic heterocycles. The van der Waals surface area contributed by atoms with Crippen molar-refractivity contribution in [3.8, 4) is 0 Å². The lowest BCUT2D eigenvalue weighted by Gasteiger charge is -2.23. The standard InChI is InChI=1S/C10H15NO4S2/c1-6(12)17-5-7-2-9(13)11(3-7)8(4-16)10(14)15/h7-8,16H,2-5H2,1H3,(H,14,15). The van der Waals surface area contributed by atoms with Crippen LogP contribution in [0.5, 0.6) is 0 Å². The second-order valence-electron chi connectivity index (χ2n) is 3.96. The van der Waals surface area contributed by atoms with Crippen LogP contribution >= 0.6 is 24.4 Å². The van der Waals surface area contributed by atoms with E-state index in [1.54, 1.807) is 0 Å². The van der Waals surface area contributed by atoms with Gasteiger partial charge in [0.15, 0.2) is 5.12 Å². The number of thiol groups is 1. The molecular weight excluding hydrogens is 262 g/mol. The zero-order valence-corrected chi connectivity index (χ0v) is 11.2. The minimum Gasteiger partial charge on any atom is -0.480 e. The first kappa shape index (κ1) is 14.4. The average Bonchev–Trinajstić information content (AvgIpc) is 2.58. The summed E-state index contributed by atoms with van der Waals surface area (Å²) in [6, 6.07) is -0.863. The SMILES string of the molecule is CC(=O)SCC1CC(=O)N(C(CS)C(=O)O)C1. The summed E-state index contributed by atoms with van der Waals surface area (Å²) in [6.45, 7) is 1.88. The highest BCUT2D eigenvalue weighted by atomic mass is 32.2. The number of rotatable bonds is 5. The van der Waals surface area contributed by atoms with Crippen molar-refractivity contribution < 1.29 is 19.5 Å². The maximum Gasteiger partial charge on any atom is 0.327 e. The number of amides is 1. The highest BCUT2D eigenvalue weighted by molar-refractivity contribution is 8.13. The molecule has 0 aromatic rings. The Morgan fingerprint density at radius 1 is 1.65 bits per heavy atom. The summed E-state index contributed by atoms with van der Waals surface area (Å²) >= 11 is 5.13. The fourth-order valence-corrected chi connectivity index (χ4v) is 2.81. The van der Waals surface area contributed by atoms with Crippen molar-refractivity contribution in [2.24, 2.45) is 5.92 Å². The molecule has 0 saturated carbocycles. The molecule has 1 amide bonds. The van der Waals surface area contributed by atoms with Gasteiger partial charge in [-0.15, -0.1) is 0 Å². The average molecular weight is 277 g/mol. The minimum atomic E-state index is -1.03. The Kier molecular flexibility index (Phi) is 5.32. The number of likely N-dealkylation sites (tertiary alicyclic amines) is 1. The van der Waals surface area contributed by atoms with Gasteiger partial charge in [-0.1, -0.05) is 11.8 Å². The second kappa shape index (κ2) is 6.30. The summed E-state index contributed by atoms with van der Waals surface area (Å²) in [7, 11) is 0. The molecule has 7 heteroatoms. The molecular formula is C10H15NO4S2. The number of thioether (sulfide) groups is 1. The van der Waals surface area contributed by atoms with E-state index in [-0.39, 0.29) is 22.7 Å². The first-order valence-electron chi connectivity index (χ1n) is 5.22. The highest BCUT2D eigenvalue weighted by Gasteiger charge is 2.36. The zero-order chi connectivity index (χ0) is 13.0. The predicted octanol–water partition coefficient (Wildman–Crippen LogP) is 0.498. The molecule has 1 heterocycles. The number of carbonyl (C=O) groups is 3. The lowest BCUT2D eigenvalue weighted by molar-refractivity contribution is -0.147. The molecule has 17 heavy (non-hydrogen) atoms. The summed E-state index contributed by atoms with van der Waals surface area (Å²) in [5.74, 6) is -0.476. The predicted molar refractivity (Wildman–Crippen MR) is 68.2 cm³/mol. The van der Waals surface area contributed by atoms with Crippen LogP contribution in [-0.4, -0.2) is 51.1 Å². The third-order valence-corrected chi connectivity index (χ3v) is 3.99. The van der Waals surface area contributed by atoms with Gasteiger partial charge in [-0.05, 0) is 5.92 Å². The quantitative estimate of drug-likeness (QED) is 0.716. The maximum atomic E-state index is 11.7. The molecule has 1 rings (SSSR count). The van der Waals surface area contributed by atoms with Crippen LogP contribution < -0.4 is 0 Å². The Labute approximate surface area is 109 Å². The number of nitrogens with zero attached hydrogens (tertiary/aromatic N) is 1. The molecule has 2 unspecified atom stereocenters. The zero-order valence-electron chi connectivity index (χ0n) is 9.46. The number of carbonyl (C=O) groups excluding carboxylic acids is 2. The smallest absolute Gasteiger partial charge is 0.327 e. The summed E-state index contributed by atoms with van der Waals surface area (Å²) < 4.78 is 0. The van der Waals surface area contributed by atoms with E-state index in [9.17, 15) is 14.4 Å². The Balaban J connectivity index is 2.57. The fourth-order valence-electron chi connectivity index (χ4n) is 1.77. The highest BCUT2D eigenvalue weighted by Crippen LogP contribution is 2.24. The van der Waals surface area contributed by atoms with Gasteiger partial charge in [0.25, 0.3) is 0 Å². The van der Waals surface area contributed by atoms with Gasteiger partial charge in [-0.3, -0.25) is 9.59 Å². The van der Waals surface area contributed by atoms with Crippen LogP contribution in [0.4, 0.5) is 0 Å². The van der Waals surface area contributed by atoms with E-state index >= 15 is 0 Å². The van der Waals surface area contributed by atoms with Crippen LogP contribution in [0.25, 0.3) is 0 Å². The van der Waals surface area contributed by atoms with Gasteiger partial charge in [-0.2, -0.15) is 12.6 Å². The first-order chi connectivity index (χ1) is 7.95. The van der Waals surface area contributed by atoms with Gasteiger partial charge in [0.1, 0.15) is 6.04 Å². The van der Waals surface area contributed by atoms with E-state index < -0.39 is 12.0 Å². The number of aliphatic carboxylic acids is 1. The molecule has 1 N–H and O–H groups in total. The molecule has 2 atom stereocenters. The van der Waals surface area contributed by atoms with E-state index in [2.05, 4.69) is 12.6 Å². The Bertz CT molecular complexity index is 334. The second-order valence-corrected chi connectivity index (χ2v) is 5.52. The van der Waals surface area contributed by atoms with Crippen molar-refractivity contribution in [2.75, 3.05) is 18.1 Å². The molecule has 1 aliphatic heterocycles. The van der Waals surface area contributed by atoms with E-state index in [0.29, 0.717) is 18.7 Å². The van der Waals surface area contributed by atoms with E-state index in [1.165, 1.54) is 23.6 Å². The van der Waals surface area contributed by atoms with Crippen LogP contribution in [-0.2, 0) is 14.4 Å². The number of carboxylic acid groups (broad SMARTS) is 1. The molecule has 1 saturated heterocycles. The molecule has 0 radical (unpaired) electrons. The van der Waals surface area contributed by atoms with Crippen molar-refractivity contribution in [2.45, 2.75) is 19.4 Å². The van der Waals surface area contributed by atoms with Gasteiger partial charge in [0.05, 0.1) is 0 Å². The van der Waals surface area contributed by atoms with Crippen LogP contribution in [0.2, 0.25) is 0 Å². The molecule has 1 aliphatic rings. The van der Waals surface area contributed by atoms with E-state index in [0.717, 1.165) is 0 Å². The Hall–Kier alpha value is -0.690. The van der Waals surface area contributed by atoms with Crippen LogP contribution in [0, 0.1) is 5.92 Å². The van der Waals surface area contributed by atoms with Gasteiger partial charge >= 0.3 is 5.97 Å². The molecule has 0 aliphatic carbocycles. The molecule has 0 aromatic carbocycles. The summed E-state index contributed by atoms with van der Waals surface area (Å²) in [6.07, 6.45) is 0.317. The van der Waals surface area contributed by atoms with Crippen molar-refractivity contribution in [1.29, 1.82) is 0 Å². The number of hydrogen-bond acceptors (Lipinski definition) is 5. The lowest BCUT2D eigenvalue weighted by atomic mass is 10.1. The maximum absolute atomic E-state index is 11.7. The van der Waals surface area contributed by atoms with Gasteiger partial charge in [0.2, 0.25) is 5.91 Å². The summed E-state index contributed by atoms with van der Waals surface area (Å²) in [4.78, 5) is 34.8. The third kappa shape index (κ3) is 3.92. The summed E-state index contributed by atoms with van der Waals surface area (Å²) in [5, 5.41) is 8.97. The Morgan fingerprint density at radius 3 is 2.76 bits per heavy atom. The molecule has 96 valence electrons. The van der Waals surface area contributed by atoms with Crippen molar-refractivity contribution in [3.63, 3.8) is 0 Å². The minimum absolute atomic E-state index is 0.0138. The number of carboxylic acids is 1. The monoisotopic (exact) mass is 277 g/mol. The topological polar surface area (TPSA) is 74.7 Å². The van der Waals surface area contributed by atoms with E-state index in [1.807, 2.05) is 0 Å². The van der Waals surface area contributed by atoms with Crippen LogP contribution in [0.3, 0.4) is 0 Å². The van der Waals surface area contributed by atoms with Crippen LogP contribution in [0.1, 0.15) is 13.3 Å². The lowest BCUT2D eigenvalue weighted by Crippen LogP contribution is -2.43. The normalized spacial score (nSPS) is 21.6. The van der Waals surface area contributed by atoms with E-state index in [4.69, 9.17) is 5.11 Å². The molecule has 0 spiro atoms.